The van der Waals surface area contributed by atoms with Gasteiger partial charge in [0.05, 0.1) is 33.6 Å². The highest BCUT2D eigenvalue weighted by Gasteiger charge is 2.15. The number of hydrogen-bond acceptors (Lipinski definition) is 4. The van der Waals surface area contributed by atoms with E-state index in [2.05, 4.69) is 32.9 Å². The summed E-state index contributed by atoms with van der Waals surface area (Å²) >= 11 is 9.95. The molecule has 4 nitrogen and oxygen atoms in total. The average Bonchev–Trinajstić information content (AvgIpc) is 3.14. The van der Waals surface area contributed by atoms with Crippen LogP contribution in [0.3, 0.4) is 0 Å². The molecule has 28 heavy (non-hydrogen) atoms. The van der Waals surface area contributed by atoms with Crippen LogP contribution in [0.5, 0.6) is 5.75 Å². The maximum atomic E-state index is 12.8. The molecule has 4 aromatic rings. The van der Waals surface area contributed by atoms with Gasteiger partial charge in [0, 0.05) is 9.13 Å². The Kier molecular flexibility index (Phi) is 5.52. The number of methoxy groups -OCH3 is 1. The Bertz CT molecular complexity index is 1160. The van der Waals surface area contributed by atoms with E-state index in [4.69, 9.17) is 16.3 Å². The number of halogens is 2. The SMILES string of the molecule is COc1ccc(-c2nc3ccccc3s2)cc1NC(=O)c1cc(I)ccc1Cl. The number of carbonyl (C=O) groups is 1. The molecule has 4 rings (SSSR count). The minimum absolute atomic E-state index is 0.289. The van der Waals surface area contributed by atoms with Crippen molar-refractivity contribution in [2.24, 2.45) is 0 Å². The fourth-order valence-corrected chi connectivity index (χ4v) is 4.45. The number of carbonyl (C=O) groups excluding carboxylic acids is 1. The van der Waals surface area contributed by atoms with Gasteiger partial charge >= 0.3 is 0 Å². The van der Waals surface area contributed by atoms with Crippen LogP contribution in [0.2, 0.25) is 5.02 Å². The van der Waals surface area contributed by atoms with Crippen molar-refractivity contribution >= 4 is 67.3 Å². The first-order valence-electron chi connectivity index (χ1n) is 8.35. The van der Waals surface area contributed by atoms with Gasteiger partial charge in [0.2, 0.25) is 0 Å². The van der Waals surface area contributed by atoms with Crippen LogP contribution in [-0.4, -0.2) is 18.0 Å². The minimum Gasteiger partial charge on any atom is -0.495 e. The van der Waals surface area contributed by atoms with E-state index in [-0.39, 0.29) is 5.91 Å². The number of nitrogens with zero attached hydrogens (tertiary/aromatic N) is 1. The van der Waals surface area contributed by atoms with Gasteiger partial charge in [0.25, 0.3) is 5.91 Å². The lowest BCUT2D eigenvalue weighted by Gasteiger charge is -2.12. The standard InChI is InChI=1S/C21H14ClIN2O2S/c1-27-18-9-6-12(21-25-16-4-2-3-5-19(16)28-21)10-17(18)24-20(26)14-11-13(23)7-8-15(14)22/h2-11H,1H3,(H,24,26). The molecular weight excluding hydrogens is 507 g/mol. The molecule has 0 bridgehead atoms. The van der Waals surface area contributed by atoms with Crippen molar-refractivity contribution in [3.63, 3.8) is 0 Å². The molecule has 3 aromatic carbocycles. The van der Waals surface area contributed by atoms with E-state index >= 15 is 0 Å². The number of ether oxygens (including phenoxy) is 1. The highest BCUT2D eigenvalue weighted by molar-refractivity contribution is 14.1. The second-order valence-corrected chi connectivity index (χ2v) is 8.66. The molecule has 0 aliphatic carbocycles. The van der Waals surface area contributed by atoms with E-state index in [9.17, 15) is 4.79 Å². The van der Waals surface area contributed by atoms with Crippen LogP contribution in [0.1, 0.15) is 10.4 Å². The molecule has 0 aliphatic heterocycles. The van der Waals surface area contributed by atoms with Crippen molar-refractivity contribution in [2.45, 2.75) is 0 Å². The Morgan fingerprint density at radius 3 is 2.75 bits per heavy atom. The molecule has 0 saturated heterocycles. The third kappa shape index (κ3) is 3.85. The van der Waals surface area contributed by atoms with E-state index in [0.717, 1.165) is 24.4 Å². The second-order valence-electron chi connectivity index (χ2n) is 5.98. The summed E-state index contributed by atoms with van der Waals surface area (Å²) in [6, 6.07) is 18.9. The van der Waals surface area contributed by atoms with Gasteiger partial charge in [-0.25, -0.2) is 4.98 Å². The third-order valence-electron chi connectivity index (χ3n) is 4.16. The van der Waals surface area contributed by atoms with Crippen LogP contribution in [0.25, 0.3) is 20.8 Å². The topological polar surface area (TPSA) is 51.2 Å². The van der Waals surface area contributed by atoms with E-state index in [1.165, 1.54) is 0 Å². The maximum Gasteiger partial charge on any atom is 0.257 e. The van der Waals surface area contributed by atoms with Gasteiger partial charge in [0.15, 0.2) is 0 Å². The largest absolute Gasteiger partial charge is 0.495 e. The van der Waals surface area contributed by atoms with Gasteiger partial charge in [-0.1, -0.05) is 23.7 Å². The molecule has 1 N–H and O–H groups in total. The lowest BCUT2D eigenvalue weighted by atomic mass is 10.1. The summed E-state index contributed by atoms with van der Waals surface area (Å²) < 4.78 is 7.47. The minimum atomic E-state index is -0.289. The van der Waals surface area contributed by atoms with Crippen molar-refractivity contribution in [1.29, 1.82) is 0 Å². The number of hydrogen-bond donors (Lipinski definition) is 1. The summed E-state index contributed by atoms with van der Waals surface area (Å²) in [5.41, 5.74) is 2.85. The highest BCUT2D eigenvalue weighted by Crippen LogP contribution is 2.35. The number of amides is 1. The van der Waals surface area contributed by atoms with Crippen LogP contribution in [0, 0.1) is 3.57 Å². The van der Waals surface area contributed by atoms with Crippen LogP contribution in [0.15, 0.2) is 60.7 Å². The second kappa shape index (κ2) is 8.06. The summed E-state index contributed by atoms with van der Waals surface area (Å²) in [4.78, 5) is 17.5. The summed E-state index contributed by atoms with van der Waals surface area (Å²) in [6.07, 6.45) is 0. The molecule has 0 atom stereocenters. The lowest BCUT2D eigenvalue weighted by Crippen LogP contribution is -2.13. The summed E-state index contributed by atoms with van der Waals surface area (Å²) in [7, 11) is 1.57. The van der Waals surface area contributed by atoms with Gasteiger partial charge in [-0.2, -0.15) is 0 Å². The molecule has 0 aliphatic rings. The number of nitrogens with one attached hydrogen (secondary N) is 1. The van der Waals surface area contributed by atoms with Crippen LogP contribution < -0.4 is 10.1 Å². The number of thiazole rings is 1. The quantitative estimate of drug-likeness (QED) is 0.313. The summed E-state index contributed by atoms with van der Waals surface area (Å²) in [5, 5.41) is 4.20. The predicted octanol–water partition coefficient (Wildman–Crippen LogP) is 6.48. The number of aromatic nitrogens is 1. The van der Waals surface area contributed by atoms with Crippen molar-refractivity contribution in [3.05, 3.63) is 74.8 Å². The fourth-order valence-electron chi connectivity index (χ4n) is 2.80. The van der Waals surface area contributed by atoms with Crippen LogP contribution in [-0.2, 0) is 0 Å². The molecular formula is C21H14ClIN2O2S. The van der Waals surface area contributed by atoms with Crippen molar-refractivity contribution in [2.75, 3.05) is 12.4 Å². The smallest absolute Gasteiger partial charge is 0.257 e. The molecule has 1 amide bonds. The molecule has 7 heteroatoms. The van der Waals surface area contributed by atoms with Crippen LogP contribution in [0.4, 0.5) is 5.69 Å². The van der Waals surface area contributed by atoms with E-state index < -0.39 is 0 Å². The van der Waals surface area contributed by atoms with Gasteiger partial charge in [-0.05, 0) is 71.1 Å². The normalized spacial score (nSPS) is 10.8. The molecule has 0 radical (unpaired) electrons. The van der Waals surface area contributed by atoms with Gasteiger partial charge in [-0.15, -0.1) is 11.3 Å². The third-order valence-corrected chi connectivity index (χ3v) is 6.25. The Labute approximate surface area is 184 Å². The van der Waals surface area contributed by atoms with E-state index in [1.54, 1.807) is 30.6 Å². The number of anilines is 1. The average molecular weight is 521 g/mol. The van der Waals surface area contributed by atoms with Gasteiger partial charge in [-0.3, -0.25) is 4.79 Å². The number of fused-ring (bicyclic) bond motifs is 1. The Balaban J connectivity index is 1.71. The zero-order valence-electron chi connectivity index (χ0n) is 14.7. The first-order chi connectivity index (χ1) is 13.5. The van der Waals surface area contributed by atoms with Crippen molar-refractivity contribution in [3.8, 4) is 16.3 Å². The molecule has 0 unspecified atom stereocenters. The molecule has 0 spiro atoms. The first-order valence-corrected chi connectivity index (χ1v) is 10.6. The first kappa shape index (κ1) is 19.2. The number of rotatable bonds is 4. The summed E-state index contributed by atoms with van der Waals surface area (Å²) in [5.74, 6) is 0.281. The Hall–Kier alpha value is -2.16. The molecule has 0 fully saturated rings. The van der Waals surface area contributed by atoms with E-state index in [0.29, 0.717) is 22.0 Å². The molecule has 0 saturated carbocycles. The van der Waals surface area contributed by atoms with Gasteiger partial charge < -0.3 is 10.1 Å². The zero-order valence-corrected chi connectivity index (χ0v) is 18.4. The summed E-state index contributed by atoms with van der Waals surface area (Å²) in [6.45, 7) is 0. The van der Waals surface area contributed by atoms with E-state index in [1.807, 2.05) is 48.5 Å². The zero-order chi connectivity index (χ0) is 19.7. The van der Waals surface area contributed by atoms with Crippen molar-refractivity contribution < 1.29 is 9.53 Å². The maximum absolute atomic E-state index is 12.8. The fraction of sp³-hybridized carbons (Fsp3) is 0.0476. The van der Waals surface area contributed by atoms with Crippen molar-refractivity contribution in [1.82, 2.24) is 4.98 Å². The molecule has 1 aromatic heterocycles. The lowest BCUT2D eigenvalue weighted by molar-refractivity contribution is 0.102. The number of benzene rings is 3. The predicted molar refractivity (Wildman–Crippen MR) is 124 cm³/mol. The Morgan fingerprint density at radius 2 is 1.96 bits per heavy atom. The van der Waals surface area contributed by atoms with Crippen LogP contribution >= 0.6 is 45.5 Å². The highest BCUT2D eigenvalue weighted by atomic mass is 127. The number of para-hydroxylation sites is 1. The van der Waals surface area contributed by atoms with Gasteiger partial charge in [0.1, 0.15) is 10.8 Å². The molecule has 1 heterocycles. The Morgan fingerprint density at radius 1 is 1.14 bits per heavy atom. The molecule has 140 valence electrons. The monoisotopic (exact) mass is 520 g/mol.